The highest BCUT2D eigenvalue weighted by molar-refractivity contribution is 7.99. The summed E-state index contributed by atoms with van der Waals surface area (Å²) in [5.41, 5.74) is 6.92. The topological polar surface area (TPSA) is 109 Å². The molecule has 1 aromatic heterocycles. The van der Waals surface area contributed by atoms with E-state index in [1.54, 1.807) is 10.6 Å². The number of aromatic nitrogens is 3. The Balaban J connectivity index is 2.33. The van der Waals surface area contributed by atoms with Crippen LogP contribution < -0.4 is 11.4 Å². The molecule has 8 heteroatoms. The lowest BCUT2D eigenvalue weighted by Gasteiger charge is -2.10. The highest BCUT2D eigenvalue weighted by Crippen LogP contribution is 2.28. The van der Waals surface area contributed by atoms with Crippen molar-refractivity contribution in [2.75, 3.05) is 0 Å². The van der Waals surface area contributed by atoms with E-state index in [0.717, 1.165) is 10.5 Å². The third kappa shape index (κ3) is 3.10. The van der Waals surface area contributed by atoms with Crippen LogP contribution in [0.3, 0.4) is 0 Å². The van der Waals surface area contributed by atoms with E-state index in [1.807, 2.05) is 32.9 Å². The molecular weight excluding hydrogens is 290 g/mol. The molecule has 0 aliphatic rings. The SMILES string of the molecule is Cc1cc(Sc2n[nH]c(=O)n2C(C)C)ccc1/C(N)=N/O. The van der Waals surface area contributed by atoms with Gasteiger partial charge in [0, 0.05) is 16.5 Å². The molecule has 0 unspecified atom stereocenters. The number of hydrogen-bond donors (Lipinski definition) is 3. The van der Waals surface area contributed by atoms with Crippen molar-refractivity contribution in [1.29, 1.82) is 0 Å². The third-order valence-corrected chi connectivity index (χ3v) is 3.94. The van der Waals surface area contributed by atoms with Gasteiger partial charge in [0.15, 0.2) is 11.0 Å². The maximum absolute atomic E-state index is 11.7. The van der Waals surface area contributed by atoms with E-state index in [-0.39, 0.29) is 17.6 Å². The number of benzene rings is 1. The lowest BCUT2D eigenvalue weighted by atomic mass is 10.1. The van der Waals surface area contributed by atoms with Crippen molar-refractivity contribution in [1.82, 2.24) is 14.8 Å². The van der Waals surface area contributed by atoms with Crippen LogP contribution in [0.4, 0.5) is 0 Å². The maximum Gasteiger partial charge on any atom is 0.344 e. The Hall–Kier alpha value is -2.22. The minimum absolute atomic E-state index is 0.0243. The fraction of sp³-hybridized carbons (Fsp3) is 0.308. The number of rotatable bonds is 4. The molecule has 2 rings (SSSR count). The summed E-state index contributed by atoms with van der Waals surface area (Å²) in [7, 11) is 0. The lowest BCUT2D eigenvalue weighted by Crippen LogP contribution is -2.19. The van der Waals surface area contributed by atoms with Gasteiger partial charge in [-0.1, -0.05) is 5.16 Å². The van der Waals surface area contributed by atoms with Gasteiger partial charge in [-0.3, -0.25) is 4.57 Å². The fourth-order valence-corrected chi connectivity index (χ4v) is 3.03. The first-order valence-corrected chi connectivity index (χ1v) is 7.19. The van der Waals surface area contributed by atoms with Crippen LogP contribution >= 0.6 is 11.8 Å². The zero-order chi connectivity index (χ0) is 15.6. The van der Waals surface area contributed by atoms with Crippen LogP contribution in [-0.2, 0) is 0 Å². The molecule has 0 amide bonds. The predicted molar refractivity (Wildman–Crippen MR) is 81.0 cm³/mol. The molecule has 0 atom stereocenters. The summed E-state index contributed by atoms with van der Waals surface area (Å²) in [5.74, 6) is 0.0721. The Kier molecular flexibility index (Phi) is 4.37. The van der Waals surface area contributed by atoms with Gasteiger partial charge in [-0.05, 0) is 56.3 Å². The Morgan fingerprint density at radius 2 is 2.24 bits per heavy atom. The van der Waals surface area contributed by atoms with Crippen molar-refractivity contribution in [2.45, 2.75) is 36.9 Å². The van der Waals surface area contributed by atoms with Gasteiger partial charge in [-0.15, -0.1) is 5.10 Å². The van der Waals surface area contributed by atoms with Crippen LogP contribution in [-0.4, -0.2) is 25.8 Å². The monoisotopic (exact) mass is 307 g/mol. The summed E-state index contributed by atoms with van der Waals surface area (Å²) in [4.78, 5) is 12.6. The molecule has 0 radical (unpaired) electrons. The minimum Gasteiger partial charge on any atom is -0.409 e. The Morgan fingerprint density at radius 3 is 2.81 bits per heavy atom. The summed E-state index contributed by atoms with van der Waals surface area (Å²) < 4.78 is 1.59. The smallest absolute Gasteiger partial charge is 0.344 e. The Bertz CT molecular complexity index is 732. The number of nitrogens with zero attached hydrogens (tertiary/aromatic N) is 3. The number of aryl methyl sites for hydroxylation is 1. The molecular formula is C13H17N5O2S. The number of amidine groups is 1. The minimum atomic E-state index is -0.225. The average Bonchev–Trinajstić information content (AvgIpc) is 2.79. The van der Waals surface area contributed by atoms with Gasteiger partial charge < -0.3 is 10.9 Å². The van der Waals surface area contributed by atoms with Gasteiger partial charge in [0.2, 0.25) is 0 Å². The quantitative estimate of drug-likeness (QED) is 0.345. The first kappa shape index (κ1) is 15.2. The van der Waals surface area contributed by atoms with Crippen molar-refractivity contribution < 1.29 is 5.21 Å². The first-order chi connectivity index (χ1) is 9.93. The van der Waals surface area contributed by atoms with Crippen LogP contribution in [0.1, 0.15) is 31.0 Å². The Labute approximate surface area is 125 Å². The summed E-state index contributed by atoms with van der Waals surface area (Å²) in [6.45, 7) is 5.72. The molecule has 0 fully saturated rings. The van der Waals surface area contributed by atoms with E-state index in [0.29, 0.717) is 10.7 Å². The molecule has 112 valence electrons. The van der Waals surface area contributed by atoms with Crippen molar-refractivity contribution in [3.63, 3.8) is 0 Å². The number of H-pyrrole nitrogens is 1. The van der Waals surface area contributed by atoms with Gasteiger partial charge in [-0.25, -0.2) is 9.89 Å². The molecule has 4 N–H and O–H groups in total. The molecule has 0 spiro atoms. The first-order valence-electron chi connectivity index (χ1n) is 6.37. The van der Waals surface area contributed by atoms with Crippen LogP contribution in [0.2, 0.25) is 0 Å². The summed E-state index contributed by atoms with van der Waals surface area (Å²) in [6.07, 6.45) is 0. The molecule has 0 aliphatic carbocycles. The van der Waals surface area contributed by atoms with Crippen molar-refractivity contribution in [3.05, 3.63) is 39.8 Å². The number of nitrogens with one attached hydrogen (secondary N) is 1. The molecule has 1 heterocycles. The van der Waals surface area contributed by atoms with Crippen molar-refractivity contribution in [3.8, 4) is 0 Å². The van der Waals surface area contributed by atoms with Crippen LogP contribution in [0.25, 0.3) is 0 Å². The number of hydrogen-bond acceptors (Lipinski definition) is 5. The standard InChI is InChI=1S/C13H17N5O2S/c1-7(2)18-12(19)15-16-13(18)21-9-4-5-10(8(3)6-9)11(14)17-20/h4-7,20H,1-3H3,(H2,14,17)(H,15,19). The number of nitrogens with two attached hydrogens (primary N) is 1. The van der Waals surface area contributed by atoms with Crippen LogP contribution in [0.15, 0.2) is 38.2 Å². The molecule has 2 aromatic rings. The fourth-order valence-electron chi connectivity index (χ4n) is 1.96. The molecule has 0 bridgehead atoms. The molecule has 0 saturated heterocycles. The molecule has 0 saturated carbocycles. The van der Waals surface area contributed by atoms with E-state index >= 15 is 0 Å². The molecule has 1 aromatic carbocycles. The normalized spacial score (nSPS) is 12.1. The average molecular weight is 307 g/mol. The third-order valence-electron chi connectivity index (χ3n) is 2.98. The van der Waals surface area contributed by atoms with Gasteiger partial charge in [0.05, 0.1) is 0 Å². The highest BCUT2D eigenvalue weighted by atomic mass is 32.2. The van der Waals surface area contributed by atoms with Crippen molar-refractivity contribution >= 4 is 17.6 Å². The van der Waals surface area contributed by atoms with Crippen LogP contribution in [0.5, 0.6) is 0 Å². The predicted octanol–water partition coefficient (Wildman–Crippen LogP) is 1.71. The highest BCUT2D eigenvalue weighted by Gasteiger charge is 2.13. The maximum atomic E-state index is 11.7. The lowest BCUT2D eigenvalue weighted by molar-refractivity contribution is 0.318. The second-order valence-corrected chi connectivity index (χ2v) is 5.88. The van der Waals surface area contributed by atoms with E-state index in [9.17, 15) is 4.79 Å². The largest absolute Gasteiger partial charge is 0.409 e. The van der Waals surface area contributed by atoms with Crippen LogP contribution in [0, 0.1) is 6.92 Å². The molecule has 0 aliphatic heterocycles. The van der Waals surface area contributed by atoms with Gasteiger partial charge in [0.25, 0.3) is 0 Å². The number of oxime groups is 1. The van der Waals surface area contributed by atoms with Gasteiger partial charge in [-0.2, -0.15) is 0 Å². The zero-order valence-electron chi connectivity index (χ0n) is 12.0. The van der Waals surface area contributed by atoms with Gasteiger partial charge >= 0.3 is 5.69 Å². The molecule has 21 heavy (non-hydrogen) atoms. The van der Waals surface area contributed by atoms with E-state index < -0.39 is 0 Å². The summed E-state index contributed by atoms with van der Waals surface area (Å²) in [6, 6.07) is 5.55. The van der Waals surface area contributed by atoms with E-state index in [1.165, 1.54) is 11.8 Å². The van der Waals surface area contributed by atoms with Gasteiger partial charge in [0.1, 0.15) is 0 Å². The second-order valence-electron chi connectivity index (χ2n) is 4.84. The van der Waals surface area contributed by atoms with E-state index in [2.05, 4.69) is 15.4 Å². The second kappa shape index (κ2) is 6.04. The summed E-state index contributed by atoms with van der Waals surface area (Å²) >= 11 is 1.38. The van der Waals surface area contributed by atoms with E-state index in [4.69, 9.17) is 10.9 Å². The summed E-state index contributed by atoms with van der Waals surface area (Å²) in [5, 5.41) is 18.8. The van der Waals surface area contributed by atoms with Crippen molar-refractivity contribution in [2.24, 2.45) is 10.9 Å². The number of aromatic amines is 1. The Morgan fingerprint density at radius 1 is 1.52 bits per heavy atom. The zero-order valence-corrected chi connectivity index (χ0v) is 12.8. The molecule has 7 nitrogen and oxygen atoms in total.